The molecule has 0 bridgehead atoms. The van der Waals surface area contributed by atoms with Crippen LogP contribution in [-0.4, -0.2) is 60.3 Å². The Labute approximate surface area is 125 Å². The van der Waals surface area contributed by atoms with Gasteiger partial charge in [0, 0.05) is 25.0 Å². The van der Waals surface area contributed by atoms with Gasteiger partial charge in [-0.15, -0.1) is 0 Å². The molecule has 0 radical (unpaired) electrons. The summed E-state index contributed by atoms with van der Waals surface area (Å²) in [7, 11) is 2.24. The summed E-state index contributed by atoms with van der Waals surface area (Å²) in [6.45, 7) is 11.6. The average Bonchev–Trinajstić information content (AvgIpc) is 2.55. The van der Waals surface area contributed by atoms with E-state index in [-0.39, 0.29) is 6.10 Å². The predicted molar refractivity (Wildman–Crippen MR) is 84.8 cm³/mol. The zero-order chi connectivity index (χ0) is 14.7. The van der Waals surface area contributed by atoms with Gasteiger partial charge in [-0.2, -0.15) is 0 Å². The molecule has 0 aromatic heterocycles. The first-order chi connectivity index (χ1) is 9.51. The highest BCUT2D eigenvalue weighted by Crippen LogP contribution is 2.34. The topological polar surface area (TPSA) is 26.7 Å². The lowest BCUT2D eigenvalue weighted by atomic mass is 9.73. The van der Waals surface area contributed by atoms with Crippen molar-refractivity contribution in [2.24, 2.45) is 17.8 Å². The maximum atomic E-state index is 10.5. The zero-order valence-corrected chi connectivity index (χ0v) is 13.9. The van der Waals surface area contributed by atoms with Crippen LogP contribution >= 0.6 is 0 Å². The second kappa shape index (κ2) is 7.24. The van der Waals surface area contributed by atoms with Gasteiger partial charge in [-0.25, -0.2) is 0 Å². The van der Waals surface area contributed by atoms with Crippen LogP contribution in [0.2, 0.25) is 0 Å². The molecule has 0 aromatic carbocycles. The molecule has 0 aromatic rings. The van der Waals surface area contributed by atoms with Crippen molar-refractivity contribution in [1.29, 1.82) is 0 Å². The Bertz CT molecular complexity index is 285. The molecule has 118 valence electrons. The maximum absolute atomic E-state index is 10.5. The van der Waals surface area contributed by atoms with E-state index in [4.69, 9.17) is 0 Å². The van der Waals surface area contributed by atoms with E-state index < -0.39 is 0 Å². The number of aliphatic hydroxyl groups excluding tert-OH is 1. The third-order valence-corrected chi connectivity index (χ3v) is 5.58. The van der Waals surface area contributed by atoms with Crippen molar-refractivity contribution in [3.05, 3.63) is 0 Å². The van der Waals surface area contributed by atoms with Gasteiger partial charge in [0.15, 0.2) is 0 Å². The number of rotatable bonds is 3. The van der Waals surface area contributed by atoms with Crippen molar-refractivity contribution in [2.45, 2.75) is 58.6 Å². The molecule has 1 saturated heterocycles. The van der Waals surface area contributed by atoms with Crippen molar-refractivity contribution >= 4 is 0 Å². The zero-order valence-electron chi connectivity index (χ0n) is 13.9. The molecular formula is C17H34N2O. The summed E-state index contributed by atoms with van der Waals surface area (Å²) in [5.41, 5.74) is 0. The van der Waals surface area contributed by atoms with Gasteiger partial charge in [0.05, 0.1) is 6.10 Å². The highest BCUT2D eigenvalue weighted by molar-refractivity contribution is 4.87. The van der Waals surface area contributed by atoms with Crippen molar-refractivity contribution in [1.82, 2.24) is 9.80 Å². The normalized spacial score (nSPS) is 41.5. The summed E-state index contributed by atoms with van der Waals surface area (Å²) in [5.74, 6) is 1.82. The van der Waals surface area contributed by atoms with Gasteiger partial charge in [0.1, 0.15) is 0 Å². The third kappa shape index (κ3) is 3.96. The molecule has 3 nitrogen and oxygen atoms in total. The standard InChI is InChI=1S/C17H34N2O/c1-5-15-11-18(4)7-6-8-19(15)12-16-14(3)9-13(2)10-17(16)20/h13-17,20H,5-12H2,1-4H3. The van der Waals surface area contributed by atoms with Crippen LogP contribution in [0.3, 0.4) is 0 Å². The largest absolute Gasteiger partial charge is 0.393 e. The minimum Gasteiger partial charge on any atom is -0.393 e. The first-order valence-corrected chi connectivity index (χ1v) is 8.61. The van der Waals surface area contributed by atoms with E-state index in [0.717, 1.165) is 13.0 Å². The first kappa shape index (κ1) is 16.3. The third-order valence-electron chi connectivity index (χ3n) is 5.58. The minimum atomic E-state index is -0.0905. The quantitative estimate of drug-likeness (QED) is 0.861. The van der Waals surface area contributed by atoms with Gasteiger partial charge < -0.3 is 10.0 Å². The van der Waals surface area contributed by atoms with Crippen molar-refractivity contribution in [3.63, 3.8) is 0 Å². The lowest BCUT2D eigenvalue weighted by molar-refractivity contribution is -0.00894. The van der Waals surface area contributed by atoms with Gasteiger partial charge in [0.2, 0.25) is 0 Å². The van der Waals surface area contributed by atoms with Crippen LogP contribution in [0.1, 0.15) is 46.5 Å². The molecule has 1 N–H and O–H groups in total. The first-order valence-electron chi connectivity index (χ1n) is 8.61. The molecule has 20 heavy (non-hydrogen) atoms. The Morgan fingerprint density at radius 1 is 1.15 bits per heavy atom. The summed E-state index contributed by atoms with van der Waals surface area (Å²) >= 11 is 0. The van der Waals surface area contributed by atoms with E-state index in [9.17, 15) is 5.11 Å². The number of nitrogens with zero attached hydrogens (tertiary/aromatic N) is 2. The lowest BCUT2D eigenvalue weighted by Crippen LogP contribution is -2.47. The van der Waals surface area contributed by atoms with Crippen LogP contribution in [0.5, 0.6) is 0 Å². The highest BCUT2D eigenvalue weighted by Gasteiger charge is 2.35. The molecule has 5 unspecified atom stereocenters. The fourth-order valence-electron chi connectivity index (χ4n) is 4.36. The Morgan fingerprint density at radius 2 is 1.90 bits per heavy atom. The molecule has 1 heterocycles. The molecular weight excluding hydrogens is 248 g/mol. The molecule has 1 saturated carbocycles. The van der Waals surface area contributed by atoms with E-state index in [1.165, 1.54) is 38.9 Å². The molecule has 2 aliphatic rings. The van der Waals surface area contributed by atoms with Gasteiger partial charge in [-0.1, -0.05) is 20.8 Å². The summed E-state index contributed by atoms with van der Waals surface area (Å²) < 4.78 is 0. The van der Waals surface area contributed by atoms with E-state index in [1.807, 2.05) is 0 Å². The number of aliphatic hydroxyl groups is 1. The van der Waals surface area contributed by atoms with E-state index in [1.54, 1.807) is 0 Å². The Morgan fingerprint density at radius 3 is 2.55 bits per heavy atom. The van der Waals surface area contributed by atoms with E-state index >= 15 is 0 Å². The predicted octanol–water partition coefficient (Wildman–Crippen LogP) is 2.45. The SMILES string of the molecule is CCC1CN(C)CCCN1CC1C(C)CC(C)CC1O. The summed E-state index contributed by atoms with van der Waals surface area (Å²) in [6, 6.07) is 0.668. The molecule has 1 aliphatic heterocycles. The molecule has 2 rings (SSSR count). The molecule has 0 amide bonds. The fraction of sp³-hybridized carbons (Fsp3) is 1.00. The fourth-order valence-corrected chi connectivity index (χ4v) is 4.36. The smallest absolute Gasteiger partial charge is 0.0585 e. The minimum absolute atomic E-state index is 0.0905. The summed E-state index contributed by atoms with van der Waals surface area (Å²) in [5, 5.41) is 10.5. The molecule has 1 aliphatic carbocycles. The van der Waals surface area contributed by atoms with Gasteiger partial charge >= 0.3 is 0 Å². The van der Waals surface area contributed by atoms with Crippen LogP contribution in [0.4, 0.5) is 0 Å². The highest BCUT2D eigenvalue weighted by atomic mass is 16.3. The Kier molecular flexibility index (Phi) is 5.88. The summed E-state index contributed by atoms with van der Waals surface area (Å²) in [6.07, 6.45) is 4.68. The second-order valence-electron chi connectivity index (χ2n) is 7.46. The Hall–Kier alpha value is -0.120. The molecule has 3 heteroatoms. The number of hydrogen-bond donors (Lipinski definition) is 1. The number of likely N-dealkylation sites (N-methyl/N-ethyl adjacent to an activating group) is 1. The van der Waals surface area contributed by atoms with Crippen molar-refractivity contribution in [3.8, 4) is 0 Å². The molecule has 5 atom stereocenters. The maximum Gasteiger partial charge on any atom is 0.0585 e. The van der Waals surface area contributed by atoms with Crippen LogP contribution in [-0.2, 0) is 0 Å². The molecule has 2 fully saturated rings. The van der Waals surface area contributed by atoms with E-state index in [2.05, 4.69) is 37.6 Å². The summed E-state index contributed by atoms with van der Waals surface area (Å²) in [4.78, 5) is 5.14. The average molecular weight is 282 g/mol. The van der Waals surface area contributed by atoms with Crippen LogP contribution < -0.4 is 0 Å². The molecule has 0 spiro atoms. The second-order valence-corrected chi connectivity index (χ2v) is 7.46. The van der Waals surface area contributed by atoms with Gasteiger partial charge in [0.25, 0.3) is 0 Å². The van der Waals surface area contributed by atoms with Gasteiger partial charge in [-0.3, -0.25) is 4.90 Å². The van der Waals surface area contributed by atoms with Crippen LogP contribution in [0, 0.1) is 17.8 Å². The lowest BCUT2D eigenvalue weighted by Gasteiger charge is -2.41. The number of hydrogen-bond acceptors (Lipinski definition) is 3. The Balaban J connectivity index is 1.99. The van der Waals surface area contributed by atoms with Gasteiger partial charge in [-0.05, 0) is 57.7 Å². The van der Waals surface area contributed by atoms with Crippen LogP contribution in [0.15, 0.2) is 0 Å². The van der Waals surface area contributed by atoms with Crippen molar-refractivity contribution < 1.29 is 5.11 Å². The van der Waals surface area contributed by atoms with Crippen LogP contribution in [0.25, 0.3) is 0 Å². The van der Waals surface area contributed by atoms with E-state index in [0.29, 0.717) is 23.8 Å². The van der Waals surface area contributed by atoms with Crippen molar-refractivity contribution in [2.75, 3.05) is 33.2 Å². The monoisotopic (exact) mass is 282 g/mol.